The molecule has 0 aliphatic heterocycles. The molecule has 18 heavy (non-hydrogen) atoms. The highest BCUT2D eigenvalue weighted by Gasteiger charge is 2.05. The number of aromatic nitrogens is 3. The minimum absolute atomic E-state index is 0.654. The number of halogens is 1. The van der Waals surface area contributed by atoms with Crippen LogP contribution in [0.3, 0.4) is 0 Å². The van der Waals surface area contributed by atoms with E-state index in [4.69, 9.17) is 11.6 Å². The molecule has 1 aromatic heterocycles. The molecule has 0 radical (unpaired) electrons. The summed E-state index contributed by atoms with van der Waals surface area (Å²) in [4.78, 5) is 4.26. The number of benzene rings is 1. The van der Waals surface area contributed by atoms with Crippen LogP contribution in [0.15, 0.2) is 24.5 Å². The van der Waals surface area contributed by atoms with Gasteiger partial charge in [-0.2, -0.15) is 5.10 Å². The fraction of sp³-hybridized carbons (Fsp3) is 0.385. The van der Waals surface area contributed by atoms with Gasteiger partial charge < -0.3 is 5.32 Å². The largest absolute Gasteiger partial charge is 0.377 e. The Morgan fingerprint density at radius 3 is 3.00 bits per heavy atom. The number of anilines is 1. The molecule has 2 aromatic rings. The predicted molar refractivity (Wildman–Crippen MR) is 73.8 cm³/mol. The smallest absolute Gasteiger partial charge is 0.146 e. The average Bonchev–Trinajstić information content (AvgIpc) is 2.79. The zero-order valence-electron chi connectivity index (χ0n) is 10.7. The van der Waals surface area contributed by atoms with Crippen molar-refractivity contribution in [3.05, 3.63) is 40.9 Å². The van der Waals surface area contributed by atoms with Crippen molar-refractivity contribution in [1.82, 2.24) is 14.8 Å². The van der Waals surface area contributed by atoms with Crippen molar-refractivity contribution < 1.29 is 0 Å². The standard InChI is InChI=1S/C13H17ClN4/c1-3-7-18-13(16-9-17-18)8-15-12-6-4-5-11(14)10(12)2/h4-6,9,15H,3,7-8H2,1-2H3. The third kappa shape index (κ3) is 2.82. The fourth-order valence-electron chi connectivity index (χ4n) is 1.80. The summed E-state index contributed by atoms with van der Waals surface area (Å²) in [6.07, 6.45) is 2.64. The monoisotopic (exact) mass is 264 g/mol. The summed E-state index contributed by atoms with van der Waals surface area (Å²) in [5.41, 5.74) is 2.09. The first-order valence-electron chi connectivity index (χ1n) is 6.08. The van der Waals surface area contributed by atoms with E-state index in [1.807, 2.05) is 29.8 Å². The van der Waals surface area contributed by atoms with Crippen molar-refractivity contribution in [3.63, 3.8) is 0 Å². The van der Waals surface area contributed by atoms with Gasteiger partial charge in [-0.3, -0.25) is 0 Å². The van der Waals surface area contributed by atoms with Gasteiger partial charge in [-0.05, 0) is 31.0 Å². The van der Waals surface area contributed by atoms with Crippen LogP contribution in [0, 0.1) is 6.92 Å². The molecular formula is C13H17ClN4. The molecule has 2 rings (SSSR count). The highest BCUT2D eigenvalue weighted by molar-refractivity contribution is 6.31. The molecular weight excluding hydrogens is 248 g/mol. The second kappa shape index (κ2) is 5.87. The van der Waals surface area contributed by atoms with E-state index >= 15 is 0 Å². The van der Waals surface area contributed by atoms with Gasteiger partial charge in [0, 0.05) is 17.3 Å². The van der Waals surface area contributed by atoms with Gasteiger partial charge in [-0.15, -0.1) is 0 Å². The third-order valence-corrected chi connectivity index (χ3v) is 3.25. The number of hydrogen-bond acceptors (Lipinski definition) is 3. The Labute approximate surface area is 112 Å². The van der Waals surface area contributed by atoms with Crippen LogP contribution in [0.2, 0.25) is 5.02 Å². The van der Waals surface area contributed by atoms with Crippen LogP contribution >= 0.6 is 11.6 Å². The van der Waals surface area contributed by atoms with Gasteiger partial charge in [-0.25, -0.2) is 9.67 Å². The molecule has 0 aliphatic carbocycles. The maximum absolute atomic E-state index is 6.08. The summed E-state index contributed by atoms with van der Waals surface area (Å²) in [6, 6.07) is 5.85. The van der Waals surface area contributed by atoms with Gasteiger partial charge in [0.2, 0.25) is 0 Å². The first kappa shape index (κ1) is 12.9. The first-order chi connectivity index (χ1) is 8.72. The molecule has 1 heterocycles. The maximum atomic E-state index is 6.08. The molecule has 0 saturated carbocycles. The molecule has 1 N–H and O–H groups in total. The molecule has 0 bridgehead atoms. The molecule has 96 valence electrons. The van der Waals surface area contributed by atoms with E-state index in [0.717, 1.165) is 35.1 Å². The fourth-order valence-corrected chi connectivity index (χ4v) is 1.97. The summed E-state index contributed by atoms with van der Waals surface area (Å²) in [6.45, 7) is 5.67. The lowest BCUT2D eigenvalue weighted by molar-refractivity contribution is 0.574. The zero-order valence-corrected chi connectivity index (χ0v) is 11.4. The Kier molecular flexibility index (Phi) is 4.20. The van der Waals surface area contributed by atoms with E-state index < -0.39 is 0 Å². The number of nitrogens with zero attached hydrogens (tertiary/aromatic N) is 3. The van der Waals surface area contributed by atoms with Crippen LogP contribution < -0.4 is 5.32 Å². The number of rotatable bonds is 5. The van der Waals surface area contributed by atoms with Gasteiger partial charge in [0.15, 0.2) is 0 Å². The summed E-state index contributed by atoms with van der Waals surface area (Å²) in [5.74, 6) is 0.941. The van der Waals surface area contributed by atoms with E-state index in [2.05, 4.69) is 22.3 Å². The van der Waals surface area contributed by atoms with Crippen LogP contribution in [0.4, 0.5) is 5.69 Å². The van der Waals surface area contributed by atoms with Crippen molar-refractivity contribution >= 4 is 17.3 Å². The van der Waals surface area contributed by atoms with Crippen LogP contribution in [0.5, 0.6) is 0 Å². The summed E-state index contributed by atoms with van der Waals surface area (Å²) in [7, 11) is 0. The Hall–Kier alpha value is -1.55. The highest BCUT2D eigenvalue weighted by Crippen LogP contribution is 2.23. The lowest BCUT2D eigenvalue weighted by Crippen LogP contribution is -2.10. The van der Waals surface area contributed by atoms with E-state index in [1.165, 1.54) is 0 Å². The van der Waals surface area contributed by atoms with Crippen molar-refractivity contribution in [2.24, 2.45) is 0 Å². The average molecular weight is 265 g/mol. The quantitative estimate of drug-likeness (QED) is 0.901. The highest BCUT2D eigenvalue weighted by atomic mass is 35.5. The molecule has 0 atom stereocenters. The van der Waals surface area contributed by atoms with E-state index in [1.54, 1.807) is 6.33 Å². The maximum Gasteiger partial charge on any atom is 0.146 e. The summed E-state index contributed by atoms with van der Waals surface area (Å²) >= 11 is 6.08. The van der Waals surface area contributed by atoms with Crippen molar-refractivity contribution in [2.75, 3.05) is 5.32 Å². The summed E-state index contributed by atoms with van der Waals surface area (Å²) < 4.78 is 1.92. The zero-order chi connectivity index (χ0) is 13.0. The second-order valence-corrected chi connectivity index (χ2v) is 4.57. The van der Waals surface area contributed by atoms with Crippen LogP contribution in [0.25, 0.3) is 0 Å². The topological polar surface area (TPSA) is 42.7 Å². The van der Waals surface area contributed by atoms with Crippen molar-refractivity contribution in [3.8, 4) is 0 Å². The van der Waals surface area contributed by atoms with Crippen molar-refractivity contribution in [1.29, 1.82) is 0 Å². The van der Waals surface area contributed by atoms with Gasteiger partial charge in [-0.1, -0.05) is 24.6 Å². The molecule has 0 saturated heterocycles. The van der Waals surface area contributed by atoms with Gasteiger partial charge >= 0.3 is 0 Å². The van der Waals surface area contributed by atoms with Gasteiger partial charge in [0.1, 0.15) is 12.2 Å². The number of hydrogen-bond donors (Lipinski definition) is 1. The predicted octanol–water partition coefficient (Wildman–Crippen LogP) is 3.26. The normalized spacial score (nSPS) is 10.6. The molecule has 4 nitrogen and oxygen atoms in total. The summed E-state index contributed by atoms with van der Waals surface area (Å²) in [5, 5.41) is 8.32. The Balaban J connectivity index is 2.07. The van der Waals surface area contributed by atoms with E-state index in [9.17, 15) is 0 Å². The molecule has 0 fully saturated rings. The minimum atomic E-state index is 0.654. The third-order valence-electron chi connectivity index (χ3n) is 2.84. The Bertz CT molecular complexity index is 521. The molecule has 5 heteroatoms. The lowest BCUT2D eigenvalue weighted by atomic mass is 10.2. The SMILES string of the molecule is CCCn1ncnc1CNc1cccc(Cl)c1C. The molecule has 1 aromatic carbocycles. The molecule has 0 spiro atoms. The van der Waals surface area contributed by atoms with E-state index in [-0.39, 0.29) is 0 Å². The second-order valence-electron chi connectivity index (χ2n) is 4.17. The molecule has 0 aliphatic rings. The van der Waals surface area contributed by atoms with Crippen LogP contribution in [0.1, 0.15) is 24.7 Å². The van der Waals surface area contributed by atoms with Gasteiger partial charge in [0.05, 0.1) is 6.54 Å². The molecule has 0 unspecified atom stereocenters. The van der Waals surface area contributed by atoms with Gasteiger partial charge in [0.25, 0.3) is 0 Å². The lowest BCUT2D eigenvalue weighted by Gasteiger charge is -2.10. The first-order valence-corrected chi connectivity index (χ1v) is 6.46. The molecule has 0 amide bonds. The van der Waals surface area contributed by atoms with Crippen molar-refractivity contribution in [2.45, 2.75) is 33.4 Å². The Morgan fingerprint density at radius 2 is 2.22 bits per heavy atom. The number of nitrogens with one attached hydrogen (secondary N) is 1. The van der Waals surface area contributed by atoms with Crippen LogP contribution in [-0.2, 0) is 13.1 Å². The Morgan fingerprint density at radius 1 is 1.39 bits per heavy atom. The van der Waals surface area contributed by atoms with E-state index in [0.29, 0.717) is 6.54 Å². The minimum Gasteiger partial charge on any atom is -0.377 e. The number of aryl methyl sites for hydroxylation is 1. The van der Waals surface area contributed by atoms with Crippen LogP contribution in [-0.4, -0.2) is 14.8 Å².